The molecule has 0 N–H and O–H groups in total. The van der Waals surface area contributed by atoms with E-state index in [1.165, 1.54) is 23.9 Å². The molecule has 140 valence electrons. The topological polar surface area (TPSA) is 89.0 Å². The molecule has 2 heterocycles. The Morgan fingerprint density at radius 2 is 2.11 bits per heavy atom. The van der Waals surface area contributed by atoms with Gasteiger partial charge in [-0.05, 0) is 49.9 Å². The van der Waals surface area contributed by atoms with E-state index in [-0.39, 0.29) is 16.6 Å². The van der Waals surface area contributed by atoms with Crippen LogP contribution in [0.4, 0.5) is 5.69 Å². The van der Waals surface area contributed by atoms with Crippen LogP contribution in [-0.2, 0) is 4.79 Å². The minimum absolute atomic E-state index is 0.0630. The van der Waals surface area contributed by atoms with E-state index in [1.807, 2.05) is 13.8 Å². The molecule has 3 rings (SSSR count). The highest BCUT2D eigenvalue weighted by molar-refractivity contribution is 8.18. The number of amides is 1. The molecule has 0 radical (unpaired) electrons. The van der Waals surface area contributed by atoms with Crippen LogP contribution in [0, 0.1) is 10.1 Å². The van der Waals surface area contributed by atoms with Gasteiger partial charge in [-0.1, -0.05) is 11.6 Å². The summed E-state index contributed by atoms with van der Waals surface area (Å²) in [6.45, 7) is 4.95. The highest BCUT2D eigenvalue weighted by Crippen LogP contribution is 2.34. The van der Waals surface area contributed by atoms with Crippen molar-refractivity contribution in [1.82, 2.24) is 4.90 Å². The molecule has 0 unspecified atom stereocenters. The summed E-state index contributed by atoms with van der Waals surface area (Å²) in [6, 6.07) is 7.87. The SMILES string of the molecule is CCN=C1S/C(=C\c2ccc(-c3ccc(Cl)c([N+](=O)[O-])c3)o2)C(=O)N1CC. The number of halogens is 1. The van der Waals surface area contributed by atoms with Gasteiger partial charge in [0.1, 0.15) is 16.5 Å². The molecule has 0 saturated carbocycles. The number of nitro groups is 1. The summed E-state index contributed by atoms with van der Waals surface area (Å²) in [6.07, 6.45) is 1.65. The summed E-state index contributed by atoms with van der Waals surface area (Å²) in [7, 11) is 0. The van der Waals surface area contributed by atoms with E-state index in [4.69, 9.17) is 16.0 Å². The second kappa shape index (κ2) is 7.98. The minimum atomic E-state index is -0.542. The minimum Gasteiger partial charge on any atom is -0.457 e. The molecular weight excluding hydrogens is 390 g/mol. The molecule has 1 fully saturated rings. The number of nitrogens with zero attached hydrogens (tertiary/aromatic N) is 3. The molecule has 1 aromatic carbocycles. The van der Waals surface area contributed by atoms with Crippen molar-refractivity contribution >= 4 is 46.2 Å². The molecule has 0 bridgehead atoms. The first kappa shape index (κ1) is 19.2. The lowest BCUT2D eigenvalue weighted by atomic mass is 10.1. The monoisotopic (exact) mass is 405 g/mol. The first-order valence-corrected chi connectivity index (χ1v) is 9.44. The number of likely N-dealkylation sites (N-methyl/N-ethyl adjacent to an activating group) is 1. The van der Waals surface area contributed by atoms with Crippen molar-refractivity contribution in [3.05, 3.63) is 56.1 Å². The highest BCUT2D eigenvalue weighted by atomic mass is 35.5. The van der Waals surface area contributed by atoms with Gasteiger partial charge in [-0.25, -0.2) is 0 Å². The Balaban J connectivity index is 1.90. The number of hydrogen-bond acceptors (Lipinski definition) is 6. The zero-order chi connectivity index (χ0) is 19.6. The van der Waals surface area contributed by atoms with Gasteiger partial charge in [0.2, 0.25) is 0 Å². The lowest BCUT2D eigenvalue weighted by Gasteiger charge is -2.11. The van der Waals surface area contributed by atoms with Crippen molar-refractivity contribution in [3.8, 4) is 11.3 Å². The van der Waals surface area contributed by atoms with E-state index in [0.717, 1.165) is 0 Å². The summed E-state index contributed by atoms with van der Waals surface area (Å²) >= 11 is 7.15. The summed E-state index contributed by atoms with van der Waals surface area (Å²) in [5, 5.41) is 11.8. The molecule has 1 aromatic heterocycles. The van der Waals surface area contributed by atoms with Gasteiger partial charge in [-0.2, -0.15) is 0 Å². The molecule has 1 aliphatic rings. The molecular formula is C18H16ClN3O4S. The third kappa shape index (κ3) is 3.91. The van der Waals surface area contributed by atoms with Crippen LogP contribution in [0.15, 0.2) is 44.6 Å². The number of thioether (sulfide) groups is 1. The molecule has 1 aliphatic heterocycles. The van der Waals surface area contributed by atoms with Crippen molar-refractivity contribution < 1.29 is 14.1 Å². The number of carbonyl (C=O) groups is 1. The Morgan fingerprint density at radius 3 is 2.78 bits per heavy atom. The zero-order valence-corrected chi connectivity index (χ0v) is 16.2. The maximum atomic E-state index is 12.5. The van der Waals surface area contributed by atoms with Gasteiger partial charge in [-0.15, -0.1) is 0 Å². The average molecular weight is 406 g/mol. The van der Waals surface area contributed by atoms with Gasteiger partial charge < -0.3 is 4.42 Å². The second-order valence-corrected chi connectivity index (χ2v) is 6.96. The summed E-state index contributed by atoms with van der Waals surface area (Å²) in [4.78, 5) is 29.5. The van der Waals surface area contributed by atoms with E-state index < -0.39 is 4.92 Å². The van der Waals surface area contributed by atoms with Crippen molar-refractivity contribution in [3.63, 3.8) is 0 Å². The molecule has 1 saturated heterocycles. The zero-order valence-electron chi connectivity index (χ0n) is 14.6. The number of benzene rings is 1. The summed E-state index contributed by atoms with van der Waals surface area (Å²) < 4.78 is 5.75. The summed E-state index contributed by atoms with van der Waals surface area (Å²) in [5.74, 6) is 0.814. The van der Waals surface area contributed by atoms with Crippen LogP contribution in [0.1, 0.15) is 19.6 Å². The van der Waals surface area contributed by atoms with Gasteiger partial charge in [-0.3, -0.25) is 24.8 Å². The van der Waals surface area contributed by atoms with Gasteiger partial charge in [0.25, 0.3) is 11.6 Å². The lowest BCUT2D eigenvalue weighted by Crippen LogP contribution is -2.28. The number of rotatable bonds is 5. The lowest BCUT2D eigenvalue weighted by molar-refractivity contribution is -0.384. The maximum absolute atomic E-state index is 12.5. The van der Waals surface area contributed by atoms with Gasteiger partial charge in [0, 0.05) is 30.8 Å². The van der Waals surface area contributed by atoms with Crippen LogP contribution in [0.5, 0.6) is 0 Å². The molecule has 0 aliphatic carbocycles. The predicted octanol–water partition coefficient (Wildman–Crippen LogP) is 4.82. The van der Waals surface area contributed by atoms with Crippen LogP contribution in [0.25, 0.3) is 17.4 Å². The number of nitro benzene ring substituents is 1. The first-order chi connectivity index (χ1) is 12.9. The number of aliphatic imine (C=N–C) groups is 1. The Morgan fingerprint density at radius 1 is 1.33 bits per heavy atom. The smallest absolute Gasteiger partial charge is 0.288 e. The van der Waals surface area contributed by atoms with Crippen molar-refractivity contribution in [2.75, 3.05) is 13.1 Å². The summed E-state index contributed by atoms with van der Waals surface area (Å²) in [5.41, 5.74) is 0.343. The van der Waals surface area contributed by atoms with E-state index in [2.05, 4.69) is 4.99 Å². The van der Waals surface area contributed by atoms with Crippen molar-refractivity contribution in [2.24, 2.45) is 4.99 Å². The highest BCUT2D eigenvalue weighted by Gasteiger charge is 2.32. The fraction of sp³-hybridized carbons (Fsp3) is 0.222. The molecule has 0 atom stereocenters. The van der Waals surface area contributed by atoms with Crippen molar-refractivity contribution in [1.29, 1.82) is 0 Å². The number of hydrogen-bond donors (Lipinski definition) is 0. The molecule has 27 heavy (non-hydrogen) atoms. The number of carbonyl (C=O) groups excluding carboxylic acids is 1. The Kier molecular flexibility index (Phi) is 5.67. The van der Waals surface area contributed by atoms with E-state index in [9.17, 15) is 14.9 Å². The van der Waals surface area contributed by atoms with E-state index >= 15 is 0 Å². The molecule has 1 amide bonds. The number of amidine groups is 1. The maximum Gasteiger partial charge on any atom is 0.288 e. The Hall–Kier alpha value is -2.58. The van der Waals surface area contributed by atoms with Crippen LogP contribution in [-0.4, -0.2) is 34.0 Å². The molecule has 7 nitrogen and oxygen atoms in total. The largest absolute Gasteiger partial charge is 0.457 e. The number of furan rings is 1. The first-order valence-electron chi connectivity index (χ1n) is 8.24. The van der Waals surface area contributed by atoms with Crippen molar-refractivity contribution in [2.45, 2.75) is 13.8 Å². The second-order valence-electron chi connectivity index (χ2n) is 5.54. The molecule has 0 spiro atoms. The third-order valence-electron chi connectivity index (χ3n) is 3.83. The fourth-order valence-corrected chi connectivity index (χ4v) is 3.83. The van der Waals surface area contributed by atoms with Gasteiger partial charge in [0.05, 0.1) is 9.83 Å². The quantitative estimate of drug-likeness (QED) is 0.404. The predicted molar refractivity (Wildman–Crippen MR) is 107 cm³/mol. The van der Waals surface area contributed by atoms with Crippen LogP contribution in [0.3, 0.4) is 0 Å². The molecule has 2 aromatic rings. The fourth-order valence-electron chi connectivity index (χ4n) is 2.56. The van der Waals surface area contributed by atoms with E-state index in [0.29, 0.717) is 40.2 Å². The van der Waals surface area contributed by atoms with Gasteiger partial charge >= 0.3 is 0 Å². The van der Waals surface area contributed by atoms with E-state index in [1.54, 1.807) is 29.2 Å². The van der Waals surface area contributed by atoms with Crippen LogP contribution < -0.4 is 0 Å². The molecule has 9 heteroatoms. The third-order valence-corrected chi connectivity index (χ3v) is 5.19. The normalized spacial score (nSPS) is 17.3. The average Bonchev–Trinajstić information content (AvgIpc) is 3.21. The van der Waals surface area contributed by atoms with Crippen LogP contribution >= 0.6 is 23.4 Å². The van der Waals surface area contributed by atoms with Crippen LogP contribution in [0.2, 0.25) is 5.02 Å². The van der Waals surface area contributed by atoms with Gasteiger partial charge in [0.15, 0.2) is 5.17 Å². The Bertz CT molecular complexity index is 967. The Labute approximate surface area is 164 Å². The standard InChI is InChI=1S/C18H16ClN3O4S/c1-3-20-18-21(4-2)17(23)16(27-18)10-12-6-8-15(26-12)11-5-7-13(19)14(9-11)22(24)25/h5-10H,3-4H2,1-2H3/b16-10-,20-18?.